The lowest BCUT2D eigenvalue weighted by molar-refractivity contribution is -0.870. The summed E-state index contributed by atoms with van der Waals surface area (Å²) in [4.78, 5) is 50.3. The van der Waals surface area contributed by atoms with Gasteiger partial charge in [0.2, 0.25) is 0 Å². The molecule has 360 valence electrons. The molecule has 0 aliphatic heterocycles. The largest absolute Gasteiger partial charge is 0.756 e. The summed E-state index contributed by atoms with van der Waals surface area (Å²) in [6.45, 7) is 8.18. The SMILES string of the molecule is CCCCCc1oc(CCCCCCCCCCC(=O)O[C@H](COC(=O)CCC/C=C\C[C@H]2C=CC(=O)[C@@H]2/C=C/[C@@H](O)CCCCC)COP(=O)([O-])OCC[N+](C)(C)C)c(C)c1C. The third-order valence-corrected chi connectivity index (χ3v) is 12.6. The fourth-order valence-electron chi connectivity index (χ4n) is 7.41. The Morgan fingerprint density at radius 2 is 1.43 bits per heavy atom. The maximum absolute atomic E-state index is 12.8. The monoisotopic (exact) mass is 906 g/mol. The minimum Gasteiger partial charge on any atom is -0.756 e. The molecule has 1 N–H and O–H groups in total. The second kappa shape index (κ2) is 31.9. The molecule has 0 spiro atoms. The molecule has 1 aromatic heterocycles. The molecular formula is C50H84NO11P. The van der Waals surface area contributed by atoms with Crippen molar-refractivity contribution in [3.8, 4) is 0 Å². The quantitative estimate of drug-likeness (QED) is 0.0222. The smallest absolute Gasteiger partial charge is 0.306 e. The molecule has 2 rings (SSSR count). The van der Waals surface area contributed by atoms with Gasteiger partial charge in [-0.1, -0.05) is 115 Å². The fourth-order valence-corrected chi connectivity index (χ4v) is 8.14. The molecule has 0 saturated heterocycles. The molecule has 12 nitrogen and oxygen atoms in total. The van der Waals surface area contributed by atoms with Crippen LogP contribution in [0.25, 0.3) is 0 Å². The first-order valence-corrected chi connectivity index (χ1v) is 25.6. The summed E-state index contributed by atoms with van der Waals surface area (Å²) >= 11 is 0. The highest BCUT2D eigenvalue weighted by Gasteiger charge is 2.27. The number of esters is 2. The van der Waals surface area contributed by atoms with Gasteiger partial charge >= 0.3 is 11.9 Å². The number of phosphoric acid groups is 1. The van der Waals surface area contributed by atoms with Gasteiger partial charge in [-0.15, -0.1) is 0 Å². The van der Waals surface area contributed by atoms with E-state index >= 15 is 0 Å². The molecule has 1 heterocycles. The van der Waals surface area contributed by atoms with Gasteiger partial charge in [-0.2, -0.15) is 0 Å². The van der Waals surface area contributed by atoms with E-state index in [1.807, 2.05) is 45.4 Å². The molecule has 0 saturated carbocycles. The molecule has 1 unspecified atom stereocenters. The van der Waals surface area contributed by atoms with E-state index in [-0.39, 0.29) is 43.7 Å². The van der Waals surface area contributed by atoms with Crippen molar-refractivity contribution >= 4 is 25.5 Å². The van der Waals surface area contributed by atoms with Crippen molar-refractivity contribution in [1.29, 1.82) is 0 Å². The van der Waals surface area contributed by atoms with Crippen LogP contribution in [0.3, 0.4) is 0 Å². The van der Waals surface area contributed by atoms with E-state index in [2.05, 4.69) is 27.7 Å². The molecule has 0 bridgehead atoms. The average Bonchev–Trinajstić information content (AvgIpc) is 3.71. The van der Waals surface area contributed by atoms with Gasteiger partial charge in [-0.25, -0.2) is 0 Å². The third-order valence-electron chi connectivity index (χ3n) is 11.6. The van der Waals surface area contributed by atoms with Gasteiger partial charge in [-0.3, -0.25) is 18.9 Å². The van der Waals surface area contributed by atoms with Gasteiger partial charge in [-0.05, 0) is 81.9 Å². The van der Waals surface area contributed by atoms with Crippen LogP contribution in [0.4, 0.5) is 0 Å². The molecule has 0 amide bonds. The molecule has 1 aliphatic carbocycles. The molecule has 5 atom stereocenters. The van der Waals surface area contributed by atoms with E-state index in [0.717, 1.165) is 88.6 Å². The summed E-state index contributed by atoms with van der Waals surface area (Å²) < 4.78 is 40.2. The molecular weight excluding hydrogens is 822 g/mol. The van der Waals surface area contributed by atoms with Crippen LogP contribution in [-0.4, -0.2) is 87.0 Å². The highest BCUT2D eigenvalue weighted by Crippen LogP contribution is 2.38. The maximum atomic E-state index is 12.8. The number of ether oxygens (including phenoxy) is 2. The van der Waals surface area contributed by atoms with Gasteiger partial charge in [0.05, 0.1) is 33.9 Å². The Balaban J connectivity index is 1.72. The van der Waals surface area contributed by atoms with Crippen LogP contribution in [0, 0.1) is 25.7 Å². The minimum atomic E-state index is -4.69. The van der Waals surface area contributed by atoms with Crippen molar-refractivity contribution in [2.24, 2.45) is 11.8 Å². The van der Waals surface area contributed by atoms with Crippen molar-refractivity contribution < 1.29 is 56.4 Å². The zero-order chi connectivity index (χ0) is 46.5. The number of nitrogens with zero attached hydrogens (tertiary/aromatic N) is 1. The maximum Gasteiger partial charge on any atom is 0.306 e. The van der Waals surface area contributed by atoms with E-state index in [4.69, 9.17) is 22.9 Å². The summed E-state index contributed by atoms with van der Waals surface area (Å²) in [7, 11) is 1.03. The Morgan fingerprint density at radius 3 is 2.08 bits per heavy atom. The molecule has 0 fully saturated rings. The van der Waals surface area contributed by atoms with Crippen LogP contribution >= 0.6 is 7.82 Å². The topological polar surface area (TPSA) is 162 Å². The number of aliphatic hydroxyl groups is 1. The van der Waals surface area contributed by atoms with Crippen molar-refractivity contribution in [2.45, 2.75) is 181 Å². The van der Waals surface area contributed by atoms with Gasteiger partial charge < -0.3 is 37.4 Å². The number of hydrogen-bond acceptors (Lipinski definition) is 11. The van der Waals surface area contributed by atoms with Crippen LogP contribution < -0.4 is 4.89 Å². The van der Waals surface area contributed by atoms with Gasteiger partial charge in [0.15, 0.2) is 11.9 Å². The second-order valence-corrected chi connectivity index (χ2v) is 19.8. The Labute approximate surface area is 380 Å². The number of aliphatic hydroxyl groups excluding tert-OH is 1. The molecule has 0 aromatic carbocycles. The van der Waals surface area contributed by atoms with Crippen molar-refractivity contribution in [2.75, 3.05) is 47.5 Å². The van der Waals surface area contributed by atoms with Crippen LogP contribution in [0.5, 0.6) is 0 Å². The number of furan rings is 1. The van der Waals surface area contributed by atoms with E-state index in [1.165, 1.54) is 30.4 Å². The summed E-state index contributed by atoms with van der Waals surface area (Å²) in [5.74, 6) is 1.08. The van der Waals surface area contributed by atoms with Gasteiger partial charge in [0, 0.05) is 31.6 Å². The van der Waals surface area contributed by atoms with Crippen molar-refractivity contribution in [3.05, 3.63) is 59.1 Å². The number of allylic oxidation sites excluding steroid dienone is 5. The number of likely N-dealkylation sites (N-methyl/N-ethyl adjacent to an activating group) is 1. The first-order valence-electron chi connectivity index (χ1n) is 24.1. The first-order chi connectivity index (χ1) is 30.0. The number of carbonyl (C=O) groups excluding carboxylic acids is 3. The standard InChI is InChI=1S/C50H84NO11P/c1-8-10-20-27-43(52)33-34-45-42(32-35-46(45)53)26-22-18-19-24-30-49(54)58-38-44(39-60-63(56,57)59-37-36-51(5,6)7)61-50(55)31-25-17-15-13-12-14-16-23-29-48-41(4)40(3)47(62-48)28-21-11-9-2/h18,22,32-35,42-45,52H,8-17,19-21,23-31,36-39H2,1-7H3/b22-18-,34-33+/t42-,43-,44+,45+/m0/s1. The van der Waals surface area contributed by atoms with Gasteiger partial charge in [0.1, 0.15) is 31.3 Å². The highest BCUT2D eigenvalue weighted by molar-refractivity contribution is 7.45. The molecule has 63 heavy (non-hydrogen) atoms. The van der Waals surface area contributed by atoms with Crippen LogP contribution in [0.15, 0.2) is 40.9 Å². The average molecular weight is 906 g/mol. The number of rotatable bonds is 37. The van der Waals surface area contributed by atoms with Crippen molar-refractivity contribution in [3.63, 3.8) is 0 Å². The Kier molecular flexibility index (Phi) is 28.5. The predicted octanol–water partition coefficient (Wildman–Crippen LogP) is 10.3. The Morgan fingerprint density at radius 1 is 0.825 bits per heavy atom. The number of unbranched alkanes of at least 4 members (excludes halogenated alkanes) is 12. The van der Waals surface area contributed by atoms with Crippen LogP contribution in [-0.2, 0) is 50.3 Å². The summed E-state index contributed by atoms with van der Waals surface area (Å²) in [5, 5.41) is 10.2. The number of aryl methyl sites for hydroxylation is 2. The zero-order valence-electron chi connectivity index (χ0n) is 40.1. The van der Waals surface area contributed by atoms with E-state index in [0.29, 0.717) is 43.1 Å². The van der Waals surface area contributed by atoms with Crippen LogP contribution in [0.1, 0.15) is 165 Å². The van der Waals surface area contributed by atoms with E-state index < -0.39 is 38.6 Å². The zero-order valence-corrected chi connectivity index (χ0v) is 41.0. The number of ketones is 1. The van der Waals surface area contributed by atoms with Crippen LogP contribution in [0.2, 0.25) is 0 Å². The summed E-state index contributed by atoms with van der Waals surface area (Å²) in [6, 6.07) is 0. The predicted molar refractivity (Wildman–Crippen MR) is 248 cm³/mol. The fraction of sp³-hybridized carbons (Fsp3) is 0.740. The van der Waals surface area contributed by atoms with E-state index in [9.17, 15) is 28.9 Å². The molecule has 1 aromatic rings. The number of carbonyl (C=O) groups is 3. The Bertz CT molecular complexity index is 1590. The number of quaternary nitrogens is 1. The third kappa shape index (κ3) is 26.0. The normalized spacial score (nSPS) is 17.5. The molecule has 13 heteroatoms. The van der Waals surface area contributed by atoms with Crippen molar-refractivity contribution in [1.82, 2.24) is 0 Å². The molecule has 1 aliphatic rings. The lowest BCUT2D eigenvalue weighted by atomic mass is 9.90. The Hall–Kier alpha value is -2.86. The van der Waals surface area contributed by atoms with E-state index in [1.54, 1.807) is 12.2 Å². The number of phosphoric ester groups is 1. The lowest BCUT2D eigenvalue weighted by Crippen LogP contribution is -2.37. The molecule has 0 radical (unpaired) electrons. The highest BCUT2D eigenvalue weighted by atomic mass is 31.2. The first kappa shape index (κ1) is 56.3. The second-order valence-electron chi connectivity index (χ2n) is 18.4. The lowest BCUT2D eigenvalue weighted by Gasteiger charge is -2.28. The summed E-state index contributed by atoms with van der Waals surface area (Å²) in [6.07, 6.45) is 29.1. The summed E-state index contributed by atoms with van der Waals surface area (Å²) in [5.41, 5.74) is 2.63. The van der Waals surface area contributed by atoms with Gasteiger partial charge in [0.25, 0.3) is 7.82 Å². The minimum absolute atomic E-state index is 0.0222. The number of hydrogen-bond donors (Lipinski definition) is 1.